The first-order chi connectivity index (χ1) is 23.2. The zero-order valence-corrected chi connectivity index (χ0v) is 29.1. The maximum Gasteiger partial charge on any atom is 0.251 e. The van der Waals surface area contributed by atoms with Gasteiger partial charge in [-0.3, -0.25) is 14.5 Å². The molecule has 2 aliphatic rings. The number of aromatic nitrogens is 2. The Kier molecular flexibility index (Phi) is 11.5. The van der Waals surface area contributed by atoms with Crippen molar-refractivity contribution >= 4 is 41.6 Å². The van der Waals surface area contributed by atoms with Crippen LogP contribution >= 0.6 is 0 Å². The number of hydrogen-bond donors (Lipinski definition) is 2. The van der Waals surface area contributed by atoms with E-state index in [9.17, 15) is 4.79 Å². The summed E-state index contributed by atoms with van der Waals surface area (Å²) in [5.74, 6) is 1.33. The molecule has 0 saturated carbocycles. The predicted molar refractivity (Wildman–Crippen MR) is 196 cm³/mol. The van der Waals surface area contributed by atoms with Crippen LogP contribution in [-0.2, 0) is 19.9 Å². The second-order valence-corrected chi connectivity index (χ2v) is 12.9. The van der Waals surface area contributed by atoms with Crippen molar-refractivity contribution in [3.8, 4) is 5.75 Å². The Labute approximate surface area is 284 Å². The number of amidine groups is 1. The highest BCUT2D eigenvalue weighted by Gasteiger charge is 2.30. The SMILES string of the molecule is CN=CC(C=N)c1cccc(Cc2c3c(nn2C)CCC2=C3C(C)CCC(=Nc3ccc(C(=O)NCCCN(C)C)cc3OC)N=C2)c1. The van der Waals surface area contributed by atoms with Gasteiger partial charge in [-0.1, -0.05) is 31.2 Å². The average molecular weight is 649 g/mol. The molecule has 2 unspecified atom stereocenters. The van der Waals surface area contributed by atoms with Crippen molar-refractivity contribution in [1.82, 2.24) is 20.0 Å². The molecule has 0 bridgehead atoms. The van der Waals surface area contributed by atoms with Gasteiger partial charge in [0.05, 0.1) is 24.4 Å². The number of aryl methyl sites for hydroxylation is 2. The standard InChI is InChI=1S/C38H48N8O2/c1-25-11-16-35(43-31-14-12-28(21-34(31)48-6)38(47)41-17-8-18-45(3)4)42-24-29-13-15-32-37(36(25)29)33(46(5)44-32)20-26-9-7-10-27(19-26)30(22-39)23-40-2/h7,9-10,12,14,19,21-25,30,39H,8,11,13,15-18,20H2,1-6H3,(H,41,47). The van der Waals surface area contributed by atoms with Gasteiger partial charge < -0.3 is 20.4 Å². The molecule has 10 nitrogen and oxygen atoms in total. The number of ether oxygens (including phenoxy) is 1. The minimum Gasteiger partial charge on any atom is -0.494 e. The fourth-order valence-corrected chi connectivity index (χ4v) is 6.58. The third-order valence-corrected chi connectivity index (χ3v) is 9.10. The number of rotatable bonds is 12. The number of aliphatic imine (C=N–C) groups is 3. The Hall–Kier alpha value is -4.70. The molecule has 3 aromatic rings. The van der Waals surface area contributed by atoms with E-state index in [4.69, 9.17) is 25.2 Å². The van der Waals surface area contributed by atoms with Crippen LogP contribution in [0.15, 0.2) is 63.0 Å². The van der Waals surface area contributed by atoms with Crippen molar-refractivity contribution in [3.05, 3.63) is 81.7 Å². The van der Waals surface area contributed by atoms with E-state index in [2.05, 4.69) is 46.4 Å². The minimum absolute atomic E-state index is 0.121. The van der Waals surface area contributed by atoms with Crippen LogP contribution in [0.4, 0.5) is 5.69 Å². The van der Waals surface area contributed by atoms with Crippen molar-refractivity contribution in [2.75, 3.05) is 41.3 Å². The lowest BCUT2D eigenvalue weighted by molar-refractivity contribution is 0.0952. The molecule has 2 heterocycles. The number of allylic oxidation sites excluding steroid dienone is 2. The van der Waals surface area contributed by atoms with Crippen molar-refractivity contribution in [3.63, 3.8) is 0 Å². The third-order valence-electron chi connectivity index (χ3n) is 9.10. The first-order valence-electron chi connectivity index (χ1n) is 16.7. The van der Waals surface area contributed by atoms with Gasteiger partial charge in [-0.15, -0.1) is 0 Å². The molecule has 48 heavy (non-hydrogen) atoms. The van der Waals surface area contributed by atoms with E-state index in [1.807, 2.05) is 38.1 Å². The summed E-state index contributed by atoms with van der Waals surface area (Å²) in [5, 5.41) is 15.8. The number of carbonyl (C=O) groups is 1. The molecule has 0 radical (unpaired) electrons. The number of nitrogens with zero attached hydrogens (tertiary/aromatic N) is 6. The average Bonchev–Trinajstić information content (AvgIpc) is 3.39. The highest BCUT2D eigenvalue weighted by molar-refractivity contribution is 6.02. The lowest BCUT2D eigenvalue weighted by Crippen LogP contribution is -2.27. The largest absolute Gasteiger partial charge is 0.494 e. The molecule has 2 atom stereocenters. The van der Waals surface area contributed by atoms with Crippen molar-refractivity contribution in [2.45, 2.75) is 51.4 Å². The van der Waals surface area contributed by atoms with E-state index >= 15 is 0 Å². The molecule has 1 aliphatic carbocycles. The molecule has 1 amide bonds. The molecular formula is C38H48N8O2. The summed E-state index contributed by atoms with van der Waals surface area (Å²) < 4.78 is 7.70. The summed E-state index contributed by atoms with van der Waals surface area (Å²) in [6.07, 6.45) is 10.2. The number of benzene rings is 2. The lowest BCUT2D eigenvalue weighted by atomic mass is 9.79. The first kappa shape index (κ1) is 34.6. The molecule has 1 aromatic heterocycles. The van der Waals surface area contributed by atoms with Crippen LogP contribution in [0.5, 0.6) is 5.75 Å². The van der Waals surface area contributed by atoms with Gasteiger partial charge in [-0.05, 0) is 92.7 Å². The topological polar surface area (TPSA) is 120 Å². The number of amides is 1. The monoisotopic (exact) mass is 648 g/mol. The van der Waals surface area contributed by atoms with E-state index in [-0.39, 0.29) is 17.7 Å². The Morgan fingerprint density at radius 1 is 1.21 bits per heavy atom. The summed E-state index contributed by atoms with van der Waals surface area (Å²) >= 11 is 0. The second kappa shape index (κ2) is 15.9. The van der Waals surface area contributed by atoms with Crippen LogP contribution in [0.3, 0.4) is 0 Å². The van der Waals surface area contributed by atoms with E-state index < -0.39 is 0 Å². The van der Waals surface area contributed by atoms with Gasteiger partial charge in [0.1, 0.15) is 17.3 Å². The Bertz CT molecular complexity index is 1760. The van der Waals surface area contributed by atoms with E-state index in [1.165, 1.54) is 34.2 Å². The van der Waals surface area contributed by atoms with Crippen molar-refractivity contribution in [2.24, 2.45) is 27.9 Å². The molecule has 2 aromatic carbocycles. The molecule has 0 spiro atoms. The number of fused-ring (bicyclic) bond motifs is 2. The number of nitrogens with one attached hydrogen (secondary N) is 2. The summed E-state index contributed by atoms with van der Waals surface area (Å²) in [4.78, 5) is 28.8. The predicted octanol–water partition coefficient (Wildman–Crippen LogP) is 6.07. The lowest BCUT2D eigenvalue weighted by Gasteiger charge is -2.26. The maximum atomic E-state index is 12.7. The zero-order chi connectivity index (χ0) is 34.2. The highest BCUT2D eigenvalue weighted by atomic mass is 16.5. The summed E-state index contributed by atoms with van der Waals surface area (Å²) in [6, 6.07) is 13.8. The second-order valence-electron chi connectivity index (χ2n) is 12.9. The van der Waals surface area contributed by atoms with Crippen LogP contribution in [-0.4, -0.2) is 86.4 Å². The normalized spacial score (nSPS) is 17.6. The third kappa shape index (κ3) is 8.05. The van der Waals surface area contributed by atoms with E-state index in [1.54, 1.807) is 32.5 Å². The Morgan fingerprint density at radius 3 is 2.79 bits per heavy atom. The van der Waals surface area contributed by atoms with Gasteiger partial charge in [-0.2, -0.15) is 5.10 Å². The molecule has 0 saturated heterocycles. The smallest absolute Gasteiger partial charge is 0.251 e. The van der Waals surface area contributed by atoms with Crippen LogP contribution in [0.1, 0.15) is 77.0 Å². The fourth-order valence-electron chi connectivity index (χ4n) is 6.58. The molecule has 5 rings (SSSR count). The maximum absolute atomic E-state index is 12.7. The van der Waals surface area contributed by atoms with Crippen molar-refractivity contribution in [1.29, 1.82) is 5.41 Å². The molecule has 2 N–H and O–H groups in total. The van der Waals surface area contributed by atoms with Gasteiger partial charge in [0, 0.05) is 63.3 Å². The first-order valence-corrected chi connectivity index (χ1v) is 16.7. The van der Waals surface area contributed by atoms with Crippen LogP contribution in [0.25, 0.3) is 5.57 Å². The molecule has 10 heteroatoms. The summed E-state index contributed by atoms with van der Waals surface area (Å²) in [7, 11) is 9.43. The molecule has 1 aliphatic heterocycles. The molecule has 252 valence electrons. The van der Waals surface area contributed by atoms with Crippen LogP contribution < -0.4 is 10.1 Å². The van der Waals surface area contributed by atoms with Crippen LogP contribution in [0.2, 0.25) is 0 Å². The van der Waals surface area contributed by atoms with Crippen molar-refractivity contribution < 1.29 is 9.53 Å². The van der Waals surface area contributed by atoms with Gasteiger partial charge >= 0.3 is 0 Å². The summed E-state index contributed by atoms with van der Waals surface area (Å²) in [6.45, 7) is 3.83. The van der Waals surface area contributed by atoms with Gasteiger partial charge in [0.2, 0.25) is 0 Å². The highest BCUT2D eigenvalue weighted by Crippen LogP contribution is 2.41. The number of methoxy groups -OCH3 is 1. The Morgan fingerprint density at radius 2 is 2.04 bits per heavy atom. The van der Waals surface area contributed by atoms with E-state index in [0.29, 0.717) is 30.0 Å². The van der Waals surface area contributed by atoms with E-state index in [0.717, 1.165) is 55.7 Å². The van der Waals surface area contributed by atoms with Crippen LogP contribution in [0, 0.1) is 11.3 Å². The zero-order valence-electron chi connectivity index (χ0n) is 29.1. The number of hydrogen-bond acceptors (Lipinski definition) is 7. The summed E-state index contributed by atoms with van der Waals surface area (Å²) in [5.41, 5.74) is 9.65. The fraction of sp³-hybridized carbons (Fsp3) is 0.421. The Balaban J connectivity index is 1.40. The molecule has 0 fully saturated rings. The minimum atomic E-state index is -0.136. The molecular weight excluding hydrogens is 600 g/mol. The number of carbonyl (C=O) groups excluding carboxylic acids is 1. The quantitative estimate of drug-likeness (QED) is 0.183. The van der Waals surface area contributed by atoms with Gasteiger partial charge in [0.15, 0.2) is 0 Å². The van der Waals surface area contributed by atoms with Gasteiger partial charge in [-0.25, -0.2) is 9.98 Å². The van der Waals surface area contributed by atoms with Gasteiger partial charge in [0.25, 0.3) is 5.91 Å².